The van der Waals surface area contributed by atoms with Gasteiger partial charge in [0.25, 0.3) is 0 Å². The lowest BCUT2D eigenvalue weighted by Gasteiger charge is -2.23. The number of carbonyl (C=O) groups excluding carboxylic acids is 2. The largest absolute Gasteiger partial charge is 0.446 e. The highest BCUT2D eigenvalue weighted by molar-refractivity contribution is 5.74. The number of ether oxygens (including phenoxy) is 2. The minimum Gasteiger partial charge on any atom is -0.446 e. The van der Waals surface area contributed by atoms with Gasteiger partial charge in [-0.15, -0.1) is 0 Å². The third-order valence-corrected chi connectivity index (χ3v) is 1.57. The maximum absolute atomic E-state index is 11.6. The van der Waals surface area contributed by atoms with E-state index in [1.54, 1.807) is 27.7 Å². The highest BCUT2D eigenvalue weighted by Crippen LogP contribution is 1.98. The van der Waals surface area contributed by atoms with E-state index in [1.165, 1.54) is 0 Å². The van der Waals surface area contributed by atoms with Crippen LogP contribution in [0.4, 0.5) is 9.59 Å². The molecule has 0 aliphatic carbocycles. The average Bonchev–Trinajstić information content (AvgIpc) is 2.14. The smallest absolute Gasteiger partial charge is 0.429 e. The number of hydrogen-bond acceptors (Lipinski definition) is 4. The van der Waals surface area contributed by atoms with Crippen LogP contribution >= 0.6 is 0 Å². The molecular formula is C11H22N2O4. The standard InChI is InChI=1S/C11H22N2O4/c1-6-7-13(11(15)17-9(4)5)12-10(14)16-8(2)3/h8-9H,6-7H2,1-5H3,(H,12,14). The van der Waals surface area contributed by atoms with E-state index < -0.39 is 12.2 Å². The van der Waals surface area contributed by atoms with Crippen LogP contribution in [0, 0.1) is 0 Å². The highest BCUT2D eigenvalue weighted by Gasteiger charge is 2.19. The summed E-state index contributed by atoms with van der Waals surface area (Å²) in [6, 6.07) is 0. The molecule has 100 valence electrons. The Balaban J connectivity index is 4.31. The van der Waals surface area contributed by atoms with Crippen LogP contribution < -0.4 is 5.43 Å². The molecule has 0 fully saturated rings. The predicted molar refractivity (Wildman–Crippen MR) is 63.4 cm³/mol. The summed E-state index contributed by atoms with van der Waals surface area (Å²) in [5.41, 5.74) is 2.35. The molecule has 6 nitrogen and oxygen atoms in total. The lowest BCUT2D eigenvalue weighted by Crippen LogP contribution is -2.48. The zero-order valence-electron chi connectivity index (χ0n) is 11.1. The van der Waals surface area contributed by atoms with E-state index in [9.17, 15) is 9.59 Å². The fraction of sp³-hybridized carbons (Fsp3) is 0.818. The molecule has 0 heterocycles. The first-order valence-corrected chi connectivity index (χ1v) is 5.82. The lowest BCUT2D eigenvalue weighted by molar-refractivity contribution is 0.0472. The zero-order chi connectivity index (χ0) is 13.4. The lowest BCUT2D eigenvalue weighted by atomic mass is 10.5. The van der Waals surface area contributed by atoms with E-state index in [-0.39, 0.29) is 12.2 Å². The van der Waals surface area contributed by atoms with Crippen LogP contribution in [0.5, 0.6) is 0 Å². The molecule has 0 aromatic carbocycles. The summed E-state index contributed by atoms with van der Waals surface area (Å²) in [5.74, 6) is 0. The molecule has 0 aromatic heterocycles. The van der Waals surface area contributed by atoms with Crippen molar-refractivity contribution in [1.29, 1.82) is 0 Å². The molecule has 0 unspecified atom stereocenters. The van der Waals surface area contributed by atoms with Crippen molar-refractivity contribution in [3.8, 4) is 0 Å². The fourth-order valence-electron chi connectivity index (χ4n) is 1.03. The van der Waals surface area contributed by atoms with Crippen molar-refractivity contribution < 1.29 is 19.1 Å². The molecule has 6 heteroatoms. The minimum absolute atomic E-state index is 0.232. The summed E-state index contributed by atoms with van der Waals surface area (Å²) >= 11 is 0. The van der Waals surface area contributed by atoms with Crippen LogP contribution in [0.3, 0.4) is 0 Å². The van der Waals surface area contributed by atoms with Crippen LogP contribution in [0.15, 0.2) is 0 Å². The van der Waals surface area contributed by atoms with Crippen LogP contribution in [-0.4, -0.2) is 35.9 Å². The van der Waals surface area contributed by atoms with Crippen molar-refractivity contribution in [2.24, 2.45) is 0 Å². The van der Waals surface area contributed by atoms with Crippen molar-refractivity contribution in [2.45, 2.75) is 53.2 Å². The van der Waals surface area contributed by atoms with Gasteiger partial charge in [-0.05, 0) is 34.1 Å². The van der Waals surface area contributed by atoms with Gasteiger partial charge < -0.3 is 9.47 Å². The van der Waals surface area contributed by atoms with Gasteiger partial charge in [0.05, 0.1) is 12.2 Å². The Kier molecular flexibility index (Phi) is 7.09. The summed E-state index contributed by atoms with van der Waals surface area (Å²) in [6.45, 7) is 9.22. The van der Waals surface area contributed by atoms with Gasteiger partial charge in [-0.1, -0.05) is 6.92 Å². The van der Waals surface area contributed by atoms with Crippen LogP contribution in [0.1, 0.15) is 41.0 Å². The summed E-state index contributed by atoms with van der Waals surface area (Å²) in [6.07, 6.45) is -1.00. The minimum atomic E-state index is -0.658. The topological polar surface area (TPSA) is 67.9 Å². The monoisotopic (exact) mass is 246 g/mol. The molecule has 2 amide bonds. The van der Waals surface area contributed by atoms with Gasteiger partial charge in [-0.3, -0.25) is 0 Å². The Morgan fingerprint density at radius 1 is 1.12 bits per heavy atom. The molecule has 17 heavy (non-hydrogen) atoms. The maximum Gasteiger partial charge on any atom is 0.429 e. The molecule has 0 spiro atoms. The molecule has 0 bridgehead atoms. The molecule has 0 atom stereocenters. The number of nitrogens with zero attached hydrogens (tertiary/aromatic N) is 1. The average molecular weight is 246 g/mol. The molecule has 0 saturated carbocycles. The number of rotatable bonds is 4. The van der Waals surface area contributed by atoms with Crippen molar-refractivity contribution in [1.82, 2.24) is 10.4 Å². The van der Waals surface area contributed by atoms with E-state index in [0.717, 1.165) is 5.01 Å². The third kappa shape index (κ3) is 7.43. The maximum atomic E-state index is 11.6. The van der Waals surface area contributed by atoms with E-state index in [2.05, 4.69) is 5.43 Å². The summed E-state index contributed by atoms with van der Waals surface area (Å²) in [4.78, 5) is 22.9. The Hall–Kier alpha value is -1.46. The molecule has 0 rings (SSSR count). The fourth-order valence-corrected chi connectivity index (χ4v) is 1.03. The quantitative estimate of drug-likeness (QED) is 0.773. The Morgan fingerprint density at radius 2 is 1.65 bits per heavy atom. The molecule has 0 aliphatic heterocycles. The Morgan fingerprint density at radius 3 is 2.06 bits per heavy atom. The first-order chi connectivity index (χ1) is 7.86. The number of hydrazine groups is 1. The highest BCUT2D eigenvalue weighted by atomic mass is 16.6. The Bertz CT molecular complexity index is 254. The van der Waals surface area contributed by atoms with Crippen LogP contribution in [-0.2, 0) is 9.47 Å². The van der Waals surface area contributed by atoms with Gasteiger partial charge >= 0.3 is 12.2 Å². The summed E-state index contributed by atoms with van der Waals surface area (Å²) < 4.78 is 9.87. The Labute approximate surface area is 102 Å². The second kappa shape index (κ2) is 7.76. The number of amides is 2. The van der Waals surface area contributed by atoms with Gasteiger partial charge in [0.1, 0.15) is 0 Å². The van der Waals surface area contributed by atoms with Gasteiger partial charge in [0.2, 0.25) is 0 Å². The van der Waals surface area contributed by atoms with E-state index >= 15 is 0 Å². The number of nitrogens with one attached hydrogen (secondary N) is 1. The molecular weight excluding hydrogens is 224 g/mol. The summed E-state index contributed by atoms with van der Waals surface area (Å²) in [7, 11) is 0. The van der Waals surface area contributed by atoms with Crippen molar-refractivity contribution in [3.63, 3.8) is 0 Å². The van der Waals surface area contributed by atoms with Crippen LogP contribution in [0.25, 0.3) is 0 Å². The van der Waals surface area contributed by atoms with Crippen molar-refractivity contribution >= 4 is 12.2 Å². The normalized spacial score (nSPS) is 10.3. The van der Waals surface area contributed by atoms with E-state index in [0.29, 0.717) is 13.0 Å². The molecule has 0 aromatic rings. The molecule has 1 N–H and O–H groups in total. The van der Waals surface area contributed by atoms with E-state index in [4.69, 9.17) is 9.47 Å². The van der Waals surface area contributed by atoms with Crippen molar-refractivity contribution in [2.75, 3.05) is 6.54 Å². The molecule has 0 saturated heterocycles. The second-order valence-corrected chi connectivity index (χ2v) is 4.15. The van der Waals surface area contributed by atoms with Crippen LogP contribution in [0.2, 0.25) is 0 Å². The molecule has 0 aliphatic rings. The summed E-state index contributed by atoms with van der Waals surface area (Å²) in [5, 5.41) is 1.12. The second-order valence-electron chi connectivity index (χ2n) is 4.15. The zero-order valence-corrected chi connectivity index (χ0v) is 11.1. The van der Waals surface area contributed by atoms with E-state index in [1.807, 2.05) is 6.92 Å². The molecule has 0 radical (unpaired) electrons. The van der Waals surface area contributed by atoms with Gasteiger partial charge in [0.15, 0.2) is 0 Å². The number of carbonyl (C=O) groups is 2. The third-order valence-electron chi connectivity index (χ3n) is 1.57. The van der Waals surface area contributed by atoms with Gasteiger partial charge in [0, 0.05) is 6.54 Å². The predicted octanol–water partition coefficient (Wildman–Crippen LogP) is 2.29. The number of hydrogen-bond donors (Lipinski definition) is 1. The first-order valence-electron chi connectivity index (χ1n) is 5.82. The van der Waals surface area contributed by atoms with Crippen molar-refractivity contribution in [3.05, 3.63) is 0 Å². The van der Waals surface area contributed by atoms with Gasteiger partial charge in [-0.25, -0.2) is 20.0 Å². The first kappa shape index (κ1) is 15.5. The SMILES string of the molecule is CCCN(NC(=O)OC(C)C)C(=O)OC(C)C. The van der Waals surface area contributed by atoms with Gasteiger partial charge in [-0.2, -0.15) is 0 Å².